The zero-order valence-electron chi connectivity index (χ0n) is 15.5. The number of nitrogens with zero attached hydrogens (tertiary/aromatic N) is 4. The van der Waals surface area contributed by atoms with Gasteiger partial charge in [-0.15, -0.1) is 0 Å². The van der Waals surface area contributed by atoms with Gasteiger partial charge in [-0.3, -0.25) is 4.90 Å². The van der Waals surface area contributed by atoms with Crippen molar-refractivity contribution in [3.8, 4) is 0 Å². The highest BCUT2D eigenvalue weighted by atomic mass is 16.5. The number of morpholine rings is 1. The molecule has 2 aromatic rings. The highest BCUT2D eigenvalue weighted by Gasteiger charge is 2.40. The predicted molar refractivity (Wildman–Crippen MR) is 102 cm³/mol. The summed E-state index contributed by atoms with van der Waals surface area (Å²) in [6, 6.07) is 8.30. The van der Waals surface area contributed by atoms with Gasteiger partial charge in [0.2, 0.25) is 11.9 Å². The lowest BCUT2D eigenvalue weighted by Crippen LogP contribution is -2.48. The van der Waals surface area contributed by atoms with Crippen molar-refractivity contribution in [1.82, 2.24) is 19.9 Å². The van der Waals surface area contributed by atoms with Crippen LogP contribution in [0.25, 0.3) is 0 Å². The molecule has 1 saturated carbocycles. The quantitative estimate of drug-likeness (QED) is 0.726. The third kappa shape index (κ3) is 4.18. The molecule has 2 aliphatic rings. The number of nitrogens with one attached hydrogen (secondary N) is 1. The second-order valence-corrected chi connectivity index (χ2v) is 7.39. The normalized spacial score (nSPS) is 25.3. The van der Waals surface area contributed by atoms with E-state index in [1.807, 2.05) is 31.2 Å². The average Bonchev–Trinajstić information content (AvgIpc) is 3.06. The van der Waals surface area contributed by atoms with E-state index in [9.17, 15) is 5.11 Å². The Morgan fingerprint density at radius 2 is 2.19 bits per heavy atom. The van der Waals surface area contributed by atoms with Crippen LogP contribution in [0.1, 0.15) is 24.2 Å². The van der Waals surface area contributed by atoms with Crippen LogP contribution in [-0.2, 0) is 11.3 Å². The Kier molecular flexibility index (Phi) is 5.20. The van der Waals surface area contributed by atoms with Crippen molar-refractivity contribution in [3.63, 3.8) is 0 Å². The molecule has 144 valence electrons. The van der Waals surface area contributed by atoms with Gasteiger partial charge in [0.15, 0.2) is 0 Å². The molecule has 8 nitrogen and oxygen atoms in total. The largest absolute Gasteiger partial charge is 0.396 e. The number of rotatable bonds is 5. The van der Waals surface area contributed by atoms with Gasteiger partial charge in [0.1, 0.15) is 5.82 Å². The van der Waals surface area contributed by atoms with Crippen LogP contribution in [0.4, 0.5) is 17.6 Å². The molecule has 0 spiro atoms. The van der Waals surface area contributed by atoms with E-state index in [1.165, 1.54) is 0 Å². The second kappa shape index (κ2) is 7.75. The van der Waals surface area contributed by atoms with E-state index in [-0.39, 0.29) is 18.7 Å². The molecule has 4 rings (SSSR count). The number of aliphatic hydroxyl groups is 1. The Labute approximate surface area is 158 Å². The summed E-state index contributed by atoms with van der Waals surface area (Å²) in [5, 5.41) is 12.7. The van der Waals surface area contributed by atoms with E-state index in [2.05, 4.69) is 25.2 Å². The number of hydrogen-bond donors (Lipinski definition) is 3. The number of fused-ring (bicyclic) bond motifs is 1. The summed E-state index contributed by atoms with van der Waals surface area (Å²) in [7, 11) is 0. The molecular weight excluding hydrogens is 344 g/mol. The standard InChI is InChI=1S/C19H26N6O2/c1-12-3-2-4-14(7-12)21-19-23-17(22-18(20)24-19)10-25-5-6-27-16-9-13(11-26)8-15(16)25/h2-4,7,13,15-16,26H,5-6,8-11H2,1H3,(H3,20,21,22,23,24)/t13-,15+,16+/m1/s1. The number of anilines is 3. The zero-order valence-corrected chi connectivity index (χ0v) is 15.5. The summed E-state index contributed by atoms with van der Waals surface area (Å²) in [5.41, 5.74) is 7.99. The van der Waals surface area contributed by atoms with Gasteiger partial charge < -0.3 is 20.9 Å². The van der Waals surface area contributed by atoms with Crippen molar-refractivity contribution in [3.05, 3.63) is 35.7 Å². The Hall–Kier alpha value is -2.29. The van der Waals surface area contributed by atoms with E-state index in [1.54, 1.807) is 0 Å². The fraction of sp³-hybridized carbons (Fsp3) is 0.526. The van der Waals surface area contributed by atoms with E-state index >= 15 is 0 Å². The summed E-state index contributed by atoms with van der Waals surface area (Å²) in [6.45, 7) is 4.36. The van der Waals surface area contributed by atoms with Crippen molar-refractivity contribution in [1.29, 1.82) is 0 Å². The van der Waals surface area contributed by atoms with Crippen LogP contribution in [0, 0.1) is 12.8 Å². The summed E-state index contributed by atoms with van der Waals surface area (Å²) in [6.07, 6.45) is 2.03. The fourth-order valence-corrected chi connectivity index (χ4v) is 4.07. The van der Waals surface area contributed by atoms with Gasteiger partial charge >= 0.3 is 0 Å². The maximum Gasteiger partial charge on any atom is 0.232 e. The van der Waals surface area contributed by atoms with Crippen LogP contribution < -0.4 is 11.1 Å². The monoisotopic (exact) mass is 370 g/mol. The van der Waals surface area contributed by atoms with Crippen LogP contribution in [-0.4, -0.2) is 56.9 Å². The van der Waals surface area contributed by atoms with E-state index in [4.69, 9.17) is 10.5 Å². The lowest BCUT2D eigenvalue weighted by molar-refractivity contribution is -0.0598. The van der Waals surface area contributed by atoms with Crippen LogP contribution >= 0.6 is 0 Å². The highest BCUT2D eigenvalue weighted by molar-refractivity contribution is 5.54. The molecule has 1 saturated heterocycles. The molecule has 1 aromatic carbocycles. The minimum absolute atomic E-state index is 0.181. The fourth-order valence-electron chi connectivity index (χ4n) is 4.07. The van der Waals surface area contributed by atoms with Gasteiger partial charge in [-0.1, -0.05) is 12.1 Å². The minimum atomic E-state index is 0.181. The summed E-state index contributed by atoms with van der Waals surface area (Å²) >= 11 is 0. The molecule has 2 fully saturated rings. The van der Waals surface area contributed by atoms with Gasteiger partial charge in [-0.05, 0) is 43.4 Å². The molecule has 1 aliphatic carbocycles. The van der Waals surface area contributed by atoms with Crippen molar-refractivity contribution in [2.24, 2.45) is 5.92 Å². The number of aromatic nitrogens is 3. The first-order valence-corrected chi connectivity index (χ1v) is 9.41. The molecule has 1 aromatic heterocycles. The Morgan fingerprint density at radius 3 is 3.00 bits per heavy atom. The van der Waals surface area contributed by atoms with Crippen LogP contribution in [0.3, 0.4) is 0 Å². The molecule has 2 heterocycles. The molecular formula is C19H26N6O2. The summed E-state index contributed by atoms with van der Waals surface area (Å²) < 4.78 is 5.90. The first-order chi connectivity index (χ1) is 13.1. The number of benzene rings is 1. The van der Waals surface area contributed by atoms with Crippen molar-refractivity contribution < 1.29 is 9.84 Å². The Morgan fingerprint density at radius 1 is 1.30 bits per heavy atom. The van der Waals surface area contributed by atoms with Crippen molar-refractivity contribution >= 4 is 17.6 Å². The lowest BCUT2D eigenvalue weighted by atomic mass is 10.1. The number of aryl methyl sites for hydroxylation is 1. The average molecular weight is 370 g/mol. The molecule has 4 N–H and O–H groups in total. The SMILES string of the molecule is Cc1cccc(Nc2nc(N)nc(CN3CCO[C@H]4C[C@H](CO)C[C@@H]43)n2)c1. The van der Waals surface area contributed by atoms with Crippen LogP contribution in [0.15, 0.2) is 24.3 Å². The Balaban J connectivity index is 1.49. The Bertz CT molecular complexity index is 802. The van der Waals surface area contributed by atoms with Gasteiger partial charge in [-0.25, -0.2) is 0 Å². The third-order valence-electron chi connectivity index (χ3n) is 5.33. The molecule has 1 aliphatic heterocycles. The van der Waals surface area contributed by atoms with Gasteiger partial charge in [0.25, 0.3) is 0 Å². The van der Waals surface area contributed by atoms with E-state index in [0.29, 0.717) is 36.9 Å². The predicted octanol–water partition coefficient (Wildman–Crippen LogP) is 1.48. The van der Waals surface area contributed by atoms with Crippen molar-refractivity contribution in [2.45, 2.75) is 38.5 Å². The van der Waals surface area contributed by atoms with Gasteiger partial charge in [-0.2, -0.15) is 15.0 Å². The number of hydrogen-bond acceptors (Lipinski definition) is 8. The van der Waals surface area contributed by atoms with E-state index in [0.717, 1.165) is 30.6 Å². The summed E-state index contributed by atoms with van der Waals surface area (Å²) in [4.78, 5) is 15.4. The topological polar surface area (TPSA) is 109 Å². The maximum absolute atomic E-state index is 9.49. The van der Waals surface area contributed by atoms with Crippen molar-refractivity contribution in [2.75, 3.05) is 30.8 Å². The molecule has 0 unspecified atom stereocenters. The number of ether oxygens (including phenoxy) is 1. The molecule has 8 heteroatoms. The van der Waals surface area contributed by atoms with Crippen LogP contribution in [0.5, 0.6) is 0 Å². The molecule has 0 radical (unpaired) electrons. The van der Waals surface area contributed by atoms with Crippen LogP contribution in [0.2, 0.25) is 0 Å². The van der Waals surface area contributed by atoms with Gasteiger partial charge in [0, 0.05) is 24.9 Å². The highest BCUT2D eigenvalue weighted by Crippen LogP contribution is 2.34. The minimum Gasteiger partial charge on any atom is -0.396 e. The number of nitrogen functional groups attached to an aromatic ring is 1. The van der Waals surface area contributed by atoms with E-state index < -0.39 is 0 Å². The third-order valence-corrected chi connectivity index (χ3v) is 5.33. The lowest BCUT2D eigenvalue weighted by Gasteiger charge is -2.37. The molecule has 0 amide bonds. The number of nitrogens with two attached hydrogens (primary N) is 1. The molecule has 0 bridgehead atoms. The van der Waals surface area contributed by atoms with Gasteiger partial charge in [0.05, 0.1) is 19.3 Å². The first kappa shape index (κ1) is 18.1. The zero-order chi connectivity index (χ0) is 18.8. The first-order valence-electron chi connectivity index (χ1n) is 9.41. The second-order valence-electron chi connectivity index (χ2n) is 7.39. The summed E-state index contributed by atoms with van der Waals surface area (Å²) in [5.74, 6) is 1.61. The number of aliphatic hydroxyl groups excluding tert-OH is 1. The molecule has 3 atom stereocenters. The smallest absolute Gasteiger partial charge is 0.232 e. The molecule has 27 heavy (non-hydrogen) atoms. The maximum atomic E-state index is 9.49.